The Balaban J connectivity index is 0.991. The van der Waals surface area contributed by atoms with Crippen molar-refractivity contribution in [3.63, 3.8) is 0 Å². The van der Waals surface area contributed by atoms with Crippen LogP contribution in [0.2, 0.25) is 0 Å². The molecule has 0 aromatic heterocycles. The molecule has 3 aliphatic rings. The van der Waals surface area contributed by atoms with E-state index in [0.29, 0.717) is 74.6 Å². The number of ether oxygens (including phenoxy) is 2. The number of benzene rings is 3. The highest BCUT2D eigenvalue weighted by Gasteiger charge is 2.54. The number of nitrogens with one attached hydrogen (secondary N) is 1. The molecule has 3 aromatic rings. The van der Waals surface area contributed by atoms with Crippen molar-refractivity contribution in [1.29, 1.82) is 0 Å². The number of rotatable bonds is 13. The van der Waals surface area contributed by atoms with E-state index < -0.39 is 42.9 Å². The molecule has 3 fully saturated rings. The fourth-order valence-electron chi connectivity index (χ4n) is 6.81. The van der Waals surface area contributed by atoms with Crippen molar-refractivity contribution in [1.82, 2.24) is 9.62 Å². The Morgan fingerprint density at radius 3 is 2.40 bits per heavy atom. The normalized spacial score (nSPS) is 21.3. The first-order valence-electron chi connectivity index (χ1n) is 16.4. The molecule has 11 nitrogen and oxygen atoms in total. The van der Waals surface area contributed by atoms with Crippen molar-refractivity contribution in [2.75, 3.05) is 39.5 Å². The van der Waals surface area contributed by atoms with Gasteiger partial charge in [-0.05, 0) is 85.5 Å². The lowest BCUT2D eigenvalue weighted by Crippen LogP contribution is -2.47. The summed E-state index contributed by atoms with van der Waals surface area (Å²) in [6.45, 7) is 3.27. The number of nitrogens with two attached hydrogens (primary N) is 1. The Morgan fingerprint density at radius 1 is 1.02 bits per heavy atom. The summed E-state index contributed by atoms with van der Waals surface area (Å²) < 4.78 is 65.9. The van der Waals surface area contributed by atoms with Gasteiger partial charge in [0.1, 0.15) is 18.5 Å². The molecule has 48 heavy (non-hydrogen) atoms. The highest BCUT2D eigenvalue weighted by Crippen LogP contribution is 2.46. The molecular weight excluding hydrogens is 655 g/mol. The van der Waals surface area contributed by atoms with Crippen LogP contribution in [-0.2, 0) is 31.1 Å². The van der Waals surface area contributed by atoms with Crippen molar-refractivity contribution < 1.29 is 36.5 Å². The zero-order valence-corrected chi connectivity index (χ0v) is 28.8. The predicted octanol–water partition coefficient (Wildman–Crippen LogP) is 2.76. The summed E-state index contributed by atoms with van der Waals surface area (Å²) in [7, 11) is -7.39. The topological polar surface area (TPSA) is 168 Å². The fraction of sp³-hybridized carbons (Fsp3) is 0.486. The number of sulfone groups is 1. The average Bonchev–Trinajstić information content (AvgIpc) is 3.83. The molecule has 0 radical (unpaired) electrons. The second-order valence-corrected chi connectivity index (χ2v) is 17.6. The number of piperidine rings is 1. The number of nitrogens with zero attached hydrogens (tertiary/aromatic N) is 1. The predicted molar refractivity (Wildman–Crippen MR) is 182 cm³/mol. The number of hydrogen-bond donors (Lipinski definition) is 4. The van der Waals surface area contributed by atoms with Gasteiger partial charge in [0.05, 0.1) is 33.4 Å². The standard InChI is InChI=1S/C35H45N3O8S2/c1-25-32(27-10-8-26(20-36)9-11-27)6-3-7-33(25)48(43,44)38-16-14-34(15-17-38)19-28(22-46-34)37-21-29(40)23-45-30-4-2-5-31(18-30)47(41,42)35(24-39)12-13-35/h2-11,18,28-29,37,39-40H,12-17,19-24,36H2,1H3/t28-,29?/m0/s1. The van der Waals surface area contributed by atoms with Crippen LogP contribution < -0.4 is 15.8 Å². The minimum absolute atomic E-state index is 0.00548. The van der Waals surface area contributed by atoms with Gasteiger partial charge in [-0.15, -0.1) is 0 Å². The lowest BCUT2D eigenvalue weighted by Gasteiger charge is -2.38. The Morgan fingerprint density at radius 2 is 1.73 bits per heavy atom. The van der Waals surface area contributed by atoms with Gasteiger partial charge in [-0.2, -0.15) is 4.31 Å². The lowest BCUT2D eigenvalue weighted by molar-refractivity contribution is -0.0312. The summed E-state index contributed by atoms with van der Waals surface area (Å²) in [5.41, 5.74) is 8.86. The van der Waals surface area contributed by atoms with Gasteiger partial charge in [-0.3, -0.25) is 0 Å². The third kappa shape index (κ3) is 6.92. The van der Waals surface area contributed by atoms with E-state index in [-0.39, 0.29) is 24.1 Å². The Bertz CT molecular complexity index is 1820. The van der Waals surface area contributed by atoms with Crippen LogP contribution in [0, 0.1) is 6.92 Å². The molecule has 2 atom stereocenters. The SMILES string of the molecule is Cc1c(-c2ccc(CN)cc2)cccc1S(=O)(=O)N1CCC2(CC1)C[C@H](NCC(O)COc1cccc(S(=O)(=O)C3(CO)CC3)c1)CO2. The number of sulfonamides is 1. The molecule has 0 bridgehead atoms. The third-order valence-electron chi connectivity index (χ3n) is 10.1. The second kappa shape index (κ2) is 13.8. The largest absolute Gasteiger partial charge is 0.491 e. The zero-order valence-electron chi connectivity index (χ0n) is 27.2. The van der Waals surface area contributed by atoms with Crippen molar-refractivity contribution >= 4 is 19.9 Å². The van der Waals surface area contributed by atoms with E-state index >= 15 is 0 Å². The molecule has 2 heterocycles. The smallest absolute Gasteiger partial charge is 0.243 e. The third-order valence-corrected chi connectivity index (χ3v) is 14.7. The van der Waals surface area contributed by atoms with E-state index in [1.54, 1.807) is 28.6 Å². The van der Waals surface area contributed by atoms with Crippen LogP contribution in [0.5, 0.6) is 5.75 Å². The first-order chi connectivity index (χ1) is 22.9. The van der Waals surface area contributed by atoms with E-state index in [9.17, 15) is 27.0 Å². The van der Waals surface area contributed by atoms with E-state index in [1.807, 2.05) is 37.3 Å². The molecule has 1 aliphatic carbocycles. The second-order valence-electron chi connectivity index (χ2n) is 13.3. The van der Waals surface area contributed by atoms with Gasteiger partial charge in [0, 0.05) is 32.2 Å². The summed E-state index contributed by atoms with van der Waals surface area (Å²) in [6, 6.07) is 19.4. The highest BCUT2D eigenvalue weighted by molar-refractivity contribution is 7.93. The molecule has 3 aromatic carbocycles. The van der Waals surface area contributed by atoms with Gasteiger partial charge in [-0.25, -0.2) is 16.8 Å². The van der Waals surface area contributed by atoms with Crippen molar-refractivity contribution in [3.05, 3.63) is 77.9 Å². The zero-order chi connectivity index (χ0) is 34.2. The molecule has 1 saturated carbocycles. The van der Waals surface area contributed by atoms with Crippen LogP contribution >= 0.6 is 0 Å². The van der Waals surface area contributed by atoms with E-state index in [4.69, 9.17) is 15.2 Å². The van der Waals surface area contributed by atoms with Crippen molar-refractivity contribution in [3.8, 4) is 16.9 Å². The van der Waals surface area contributed by atoms with Gasteiger partial charge in [-0.1, -0.05) is 42.5 Å². The Labute approximate surface area is 283 Å². The summed E-state index contributed by atoms with van der Waals surface area (Å²) in [5, 5.41) is 23.5. The van der Waals surface area contributed by atoms with Gasteiger partial charge in [0.25, 0.3) is 0 Å². The summed E-state index contributed by atoms with van der Waals surface area (Å²) >= 11 is 0. The number of aliphatic hydroxyl groups is 2. The van der Waals surface area contributed by atoms with Crippen molar-refractivity contribution in [2.24, 2.45) is 5.73 Å². The maximum atomic E-state index is 13.8. The van der Waals surface area contributed by atoms with Crippen LogP contribution in [0.1, 0.15) is 43.2 Å². The van der Waals surface area contributed by atoms with Crippen LogP contribution in [0.3, 0.4) is 0 Å². The maximum absolute atomic E-state index is 13.8. The van der Waals surface area contributed by atoms with Crippen molar-refractivity contribution in [2.45, 2.75) is 77.9 Å². The molecule has 6 rings (SSSR count). The first-order valence-corrected chi connectivity index (χ1v) is 19.4. The molecule has 0 amide bonds. The summed E-state index contributed by atoms with van der Waals surface area (Å²) in [4.78, 5) is 0.413. The minimum Gasteiger partial charge on any atom is -0.491 e. The monoisotopic (exact) mass is 699 g/mol. The van der Waals surface area contributed by atoms with Crippen LogP contribution in [0.25, 0.3) is 11.1 Å². The van der Waals surface area contributed by atoms with Gasteiger partial charge in [0.15, 0.2) is 9.84 Å². The first kappa shape index (κ1) is 35.0. The molecule has 2 saturated heterocycles. The summed E-state index contributed by atoms with van der Waals surface area (Å²) in [6.07, 6.45) is 1.88. The molecular formula is C35H45N3O8S2. The Hall–Kier alpha value is -2.88. The average molecular weight is 700 g/mol. The molecule has 1 spiro atoms. The molecule has 260 valence electrons. The maximum Gasteiger partial charge on any atom is 0.243 e. The molecule has 1 unspecified atom stereocenters. The fourth-order valence-corrected chi connectivity index (χ4v) is 10.3. The van der Waals surface area contributed by atoms with Crippen LogP contribution in [0.4, 0.5) is 0 Å². The van der Waals surface area contributed by atoms with Gasteiger partial charge >= 0.3 is 0 Å². The highest BCUT2D eigenvalue weighted by atomic mass is 32.2. The minimum atomic E-state index is -3.71. The molecule has 2 aliphatic heterocycles. The number of hydrogen-bond acceptors (Lipinski definition) is 10. The molecule has 13 heteroatoms. The van der Waals surface area contributed by atoms with Crippen LogP contribution in [0.15, 0.2) is 76.5 Å². The Kier molecular flexibility index (Phi) is 10.0. The van der Waals surface area contributed by atoms with Gasteiger partial charge in [0.2, 0.25) is 10.0 Å². The van der Waals surface area contributed by atoms with Crippen LogP contribution in [-0.4, -0.2) is 93.3 Å². The van der Waals surface area contributed by atoms with E-state index in [2.05, 4.69) is 5.32 Å². The van der Waals surface area contributed by atoms with E-state index in [1.165, 1.54) is 12.1 Å². The molecule has 5 N–H and O–H groups in total. The lowest BCUT2D eigenvalue weighted by atomic mass is 9.88. The summed E-state index contributed by atoms with van der Waals surface area (Å²) in [5.74, 6) is 0.330. The quantitative estimate of drug-likeness (QED) is 0.208. The van der Waals surface area contributed by atoms with E-state index in [0.717, 1.165) is 16.7 Å². The van der Waals surface area contributed by atoms with Gasteiger partial charge < -0.3 is 30.7 Å². The number of aliphatic hydroxyl groups excluding tert-OH is 2.